The normalized spacial score (nSPS) is 29.7. The molecular formula is C21H29ClO3S. The Hall–Kier alpha value is -0.840. The molecule has 4 atom stereocenters. The van der Waals surface area contributed by atoms with E-state index in [2.05, 4.69) is 12.2 Å². The number of allylic oxidation sites excluding steroid dienone is 1. The summed E-state index contributed by atoms with van der Waals surface area (Å²) >= 11 is 8.06. The summed E-state index contributed by atoms with van der Waals surface area (Å²) < 4.78 is 4.76. The molecular weight excluding hydrogens is 368 g/mol. The molecule has 0 aliphatic heterocycles. The third kappa shape index (κ3) is 4.90. The quantitative estimate of drug-likeness (QED) is 0.391. The Labute approximate surface area is 165 Å². The molecule has 1 aromatic rings. The molecule has 3 rings (SSSR count). The van der Waals surface area contributed by atoms with Crippen molar-refractivity contribution in [3.05, 3.63) is 34.0 Å². The van der Waals surface area contributed by atoms with E-state index >= 15 is 0 Å². The third-order valence-corrected chi connectivity index (χ3v) is 7.51. The second kappa shape index (κ2) is 9.38. The van der Waals surface area contributed by atoms with E-state index in [9.17, 15) is 9.90 Å². The van der Waals surface area contributed by atoms with Gasteiger partial charge in [0.2, 0.25) is 0 Å². The number of aryl methyl sites for hydroxylation is 1. The molecule has 1 N–H and O–H groups in total. The highest BCUT2D eigenvalue weighted by Gasteiger charge is 2.39. The minimum absolute atomic E-state index is 0.0530. The molecule has 1 heterocycles. The number of thiophene rings is 1. The SMILES string of the molecule is COC(=O)c1ccc(CCC[C@@H]2[C@@H](C=CC3CCCC3)[C@H](O)C[C@H]2Cl)s1. The molecule has 0 aromatic carbocycles. The lowest BCUT2D eigenvalue weighted by Crippen LogP contribution is -2.19. The number of hydrogen-bond acceptors (Lipinski definition) is 4. The predicted molar refractivity (Wildman–Crippen MR) is 107 cm³/mol. The summed E-state index contributed by atoms with van der Waals surface area (Å²) in [5.41, 5.74) is 0. The van der Waals surface area contributed by atoms with Gasteiger partial charge in [0.15, 0.2) is 0 Å². The summed E-state index contributed by atoms with van der Waals surface area (Å²) in [5.74, 6) is 0.953. The summed E-state index contributed by atoms with van der Waals surface area (Å²) in [7, 11) is 1.41. The molecule has 2 aliphatic carbocycles. The Morgan fingerprint density at radius 2 is 2.12 bits per heavy atom. The standard InChI is InChI=1S/C21H29ClO3S/c1-25-21(24)20-12-10-15(26-20)7-4-8-16-17(19(23)13-18(16)22)11-9-14-5-2-3-6-14/h9-12,14,16-19,23H,2-8,13H2,1H3/t16-,17-,18-,19-/m1/s1. The zero-order chi connectivity index (χ0) is 18.5. The summed E-state index contributed by atoms with van der Waals surface area (Å²) in [4.78, 5) is 13.4. The fraction of sp³-hybridized carbons (Fsp3) is 0.667. The van der Waals surface area contributed by atoms with Gasteiger partial charge in [-0.25, -0.2) is 4.79 Å². The number of aliphatic hydroxyl groups is 1. The van der Waals surface area contributed by atoms with Crippen LogP contribution in [0.15, 0.2) is 24.3 Å². The molecule has 0 unspecified atom stereocenters. The van der Waals surface area contributed by atoms with E-state index in [-0.39, 0.29) is 23.4 Å². The van der Waals surface area contributed by atoms with Crippen LogP contribution in [0.3, 0.4) is 0 Å². The van der Waals surface area contributed by atoms with Gasteiger partial charge in [0.05, 0.1) is 13.2 Å². The van der Waals surface area contributed by atoms with Crippen LogP contribution in [0.2, 0.25) is 0 Å². The largest absolute Gasteiger partial charge is 0.465 e. The monoisotopic (exact) mass is 396 g/mol. The number of aliphatic hydroxyl groups excluding tert-OH is 1. The maximum Gasteiger partial charge on any atom is 0.348 e. The van der Waals surface area contributed by atoms with Gasteiger partial charge in [0.1, 0.15) is 4.88 Å². The van der Waals surface area contributed by atoms with Crippen molar-refractivity contribution in [1.29, 1.82) is 0 Å². The van der Waals surface area contributed by atoms with Gasteiger partial charge >= 0.3 is 5.97 Å². The van der Waals surface area contributed by atoms with Gasteiger partial charge in [-0.15, -0.1) is 22.9 Å². The summed E-state index contributed by atoms with van der Waals surface area (Å²) in [6.45, 7) is 0. The first kappa shape index (κ1) is 19.9. The maximum absolute atomic E-state index is 11.5. The number of rotatable bonds is 7. The van der Waals surface area contributed by atoms with Gasteiger partial charge in [0.25, 0.3) is 0 Å². The van der Waals surface area contributed by atoms with Crippen molar-refractivity contribution in [3.63, 3.8) is 0 Å². The van der Waals surface area contributed by atoms with Crippen LogP contribution in [0.25, 0.3) is 0 Å². The maximum atomic E-state index is 11.5. The van der Waals surface area contributed by atoms with E-state index in [1.165, 1.54) is 49.0 Å². The van der Waals surface area contributed by atoms with E-state index in [1.807, 2.05) is 12.1 Å². The van der Waals surface area contributed by atoms with Crippen LogP contribution in [0.4, 0.5) is 0 Å². The lowest BCUT2D eigenvalue weighted by Gasteiger charge is -2.21. The molecule has 2 aliphatic rings. The molecule has 0 spiro atoms. The molecule has 26 heavy (non-hydrogen) atoms. The smallest absolute Gasteiger partial charge is 0.348 e. The molecule has 0 bridgehead atoms. The highest BCUT2D eigenvalue weighted by molar-refractivity contribution is 7.13. The van der Waals surface area contributed by atoms with Crippen LogP contribution in [-0.4, -0.2) is 29.7 Å². The van der Waals surface area contributed by atoms with E-state index in [0.29, 0.717) is 23.1 Å². The molecule has 1 aromatic heterocycles. The summed E-state index contributed by atoms with van der Waals surface area (Å²) in [5, 5.41) is 10.5. The molecule has 5 heteroatoms. The highest BCUT2D eigenvalue weighted by atomic mass is 35.5. The van der Waals surface area contributed by atoms with Gasteiger partial charge in [-0.1, -0.05) is 25.0 Å². The fourth-order valence-electron chi connectivity index (χ4n) is 4.40. The van der Waals surface area contributed by atoms with E-state index in [0.717, 1.165) is 19.3 Å². The fourth-order valence-corrected chi connectivity index (χ4v) is 5.85. The highest BCUT2D eigenvalue weighted by Crippen LogP contribution is 2.41. The minimum atomic E-state index is -0.312. The Bertz CT molecular complexity index is 621. The zero-order valence-electron chi connectivity index (χ0n) is 15.4. The van der Waals surface area contributed by atoms with Crippen molar-refractivity contribution in [2.75, 3.05) is 7.11 Å². The van der Waals surface area contributed by atoms with Crippen molar-refractivity contribution in [2.24, 2.45) is 17.8 Å². The molecule has 2 saturated carbocycles. The van der Waals surface area contributed by atoms with Crippen molar-refractivity contribution < 1.29 is 14.6 Å². The van der Waals surface area contributed by atoms with Crippen molar-refractivity contribution in [2.45, 2.75) is 62.8 Å². The van der Waals surface area contributed by atoms with E-state index in [1.54, 1.807) is 0 Å². The van der Waals surface area contributed by atoms with Crippen LogP contribution in [-0.2, 0) is 11.2 Å². The number of methoxy groups -OCH3 is 1. The predicted octanol–water partition coefficient (Wildman–Crippen LogP) is 5.21. The minimum Gasteiger partial charge on any atom is -0.465 e. The third-order valence-electron chi connectivity index (χ3n) is 5.88. The Balaban J connectivity index is 1.52. The number of ether oxygens (including phenoxy) is 1. The van der Waals surface area contributed by atoms with E-state index in [4.69, 9.17) is 16.3 Å². The van der Waals surface area contributed by atoms with Crippen LogP contribution in [0.1, 0.15) is 59.5 Å². The molecule has 144 valence electrons. The van der Waals surface area contributed by atoms with Gasteiger partial charge in [0, 0.05) is 16.2 Å². The lowest BCUT2D eigenvalue weighted by atomic mass is 9.88. The average Bonchev–Trinajstić information content (AvgIpc) is 3.35. The second-order valence-electron chi connectivity index (χ2n) is 7.64. The zero-order valence-corrected chi connectivity index (χ0v) is 17.0. The number of alkyl halides is 1. The Kier molecular flexibility index (Phi) is 7.19. The Morgan fingerprint density at radius 1 is 1.35 bits per heavy atom. The number of hydrogen-bond donors (Lipinski definition) is 1. The first-order chi connectivity index (χ1) is 12.6. The summed E-state index contributed by atoms with van der Waals surface area (Å²) in [6.07, 6.45) is 13.2. The molecule has 0 amide bonds. The van der Waals surface area contributed by atoms with Crippen molar-refractivity contribution in [3.8, 4) is 0 Å². The molecule has 3 nitrogen and oxygen atoms in total. The van der Waals surface area contributed by atoms with Crippen LogP contribution in [0.5, 0.6) is 0 Å². The van der Waals surface area contributed by atoms with Crippen LogP contribution in [0, 0.1) is 17.8 Å². The van der Waals surface area contributed by atoms with Crippen molar-refractivity contribution >= 4 is 28.9 Å². The van der Waals surface area contributed by atoms with Crippen molar-refractivity contribution in [1.82, 2.24) is 0 Å². The Morgan fingerprint density at radius 3 is 2.85 bits per heavy atom. The first-order valence-corrected chi connectivity index (χ1v) is 11.0. The summed E-state index contributed by atoms with van der Waals surface area (Å²) in [6, 6.07) is 3.85. The number of halogens is 1. The number of carbonyl (C=O) groups is 1. The van der Waals surface area contributed by atoms with Gasteiger partial charge in [-0.05, 0) is 62.5 Å². The molecule has 2 fully saturated rings. The lowest BCUT2D eigenvalue weighted by molar-refractivity contribution is 0.0606. The van der Waals surface area contributed by atoms with Gasteiger partial charge in [-0.3, -0.25) is 0 Å². The number of esters is 1. The first-order valence-electron chi connectivity index (χ1n) is 9.76. The topological polar surface area (TPSA) is 46.5 Å². The van der Waals surface area contributed by atoms with Crippen LogP contribution >= 0.6 is 22.9 Å². The molecule has 0 saturated heterocycles. The second-order valence-corrected chi connectivity index (χ2v) is 9.37. The number of carbonyl (C=O) groups excluding carboxylic acids is 1. The molecule has 0 radical (unpaired) electrons. The van der Waals surface area contributed by atoms with Gasteiger partial charge < -0.3 is 9.84 Å². The van der Waals surface area contributed by atoms with E-state index < -0.39 is 0 Å². The van der Waals surface area contributed by atoms with Crippen LogP contribution < -0.4 is 0 Å². The van der Waals surface area contributed by atoms with Gasteiger partial charge in [-0.2, -0.15) is 0 Å². The average molecular weight is 397 g/mol.